The van der Waals surface area contributed by atoms with Gasteiger partial charge in [0.15, 0.2) is 0 Å². The summed E-state index contributed by atoms with van der Waals surface area (Å²) in [6.45, 7) is 12.8. The van der Waals surface area contributed by atoms with Crippen LogP contribution in [-0.2, 0) is 0 Å². The summed E-state index contributed by atoms with van der Waals surface area (Å²) in [6, 6.07) is 32.7. The van der Waals surface area contributed by atoms with Gasteiger partial charge in [-0.1, -0.05) is 36.4 Å². The molecule has 0 aliphatic carbocycles. The van der Waals surface area contributed by atoms with E-state index in [9.17, 15) is 0 Å². The van der Waals surface area contributed by atoms with Gasteiger partial charge in [-0.05, 0) is 174 Å². The Morgan fingerprint density at radius 2 is 0.831 bits per heavy atom. The van der Waals surface area contributed by atoms with Gasteiger partial charge in [0.05, 0.1) is 46.7 Å². The first-order valence-electron chi connectivity index (χ1n) is 22.1. The maximum Gasteiger partial charge on any atom is 0.0861 e. The molecule has 10 heteroatoms. The number of fused-ring (bicyclic) bond motifs is 7. The van der Waals surface area contributed by atoms with Gasteiger partial charge in [0.25, 0.3) is 0 Å². The second-order valence-corrected chi connectivity index (χ2v) is 17.3. The van der Waals surface area contributed by atoms with E-state index in [2.05, 4.69) is 157 Å². The van der Waals surface area contributed by atoms with Crippen molar-refractivity contribution in [2.45, 2.75) is 64.2 Å². The summed E-state index contributed by atoms with van der Waals surface area (Å²) in [6.07, 6.45) is 5.05. The smallest absolute Gasteiger partial charge is 0.0861 e. The molecule has 2 aromatic heterocycles. The fourth-order valence-electron chi connectivity index (χ4n) is 10.8. The number of aromatic nitrogens is 2. The first kappa shape index (κ1) is 37.4. The minimum Gasteiger partial charge on any atom is -0.309 e. The molecule has 11 rings (SSSR count). The van der Waals surface area contributed by atoms with Gasteiger partial charge in [-0.2, -0.15) is 0 Å². The minimum absolute atomic E-state index is 0.107. The number of para-hydroxylation sites is 2. The molecule has 0 amide bonds. The lowest BCUT2D eigenvalue weighted by atomic mass is 9.95. The Bertz CT molecular complexity index is 2650. The molecule has 1 atom stereocenters. The zero-order valence-electron chi connectivity index (χ0n) is 34.7. The van der Waals surface area contributed by atoms with Crippen molar-refractivity contribution >= 4 is 43.6 Å². The Kier molecular flexibility index (Phi) is 9.79. The predicted octanol–water partition coefficient (Wildman–Crippen LogP) is 7.17. The molecule has 7 N–H and O–H groups in total. The summed E-state index contributed by atoms with van der Waals surface area (Å²) < 4.78 is 5.07. The molecule has 0 radical (unpaired) electrons. The number of rotatable bonds is 6. The monoisotopic (exact) mass is 786 g/mol. The second kappa shape index (κ2) is 15.4. The molecule has 0 bridgehead atoms. The molecule has 10 nitrogen and oxygen atoms in total. The van der Waals surface area contributed by atoms with Crippen LogP contribution in [0.2, 0.25) is 0 Å². The molecule has 304 valence electrons. The van der Waals surface area contributed by atoms with Crippen molar-refractivity contribution in [1.29, 1.82) is 0 Å². The highest BCUT2D eigenvalue weighted by Crippen LogP contribution is 2.44. The van der Waals surface area contributed by atoms with Gasteiger partial charge in [-0.15, -0.1) is 0 Å². The van der Waals surface area contributed by atoms with E-state index in [1.54, 1.807) is 0 Å². The Morgan fingerprint density at radius 3 is 1.27 bits per heavy atom. The summed E-state index contributed by atoms with van der Waals surface area (Å²) in [5.74, 6) is 0. The van der Waals surface area contributed by atoms with Gasteiger partial charge in [0, 0.05) is 39.5 Å². The van der Waals surface area contributed by atoms with Crippen LogP contribution in [0, 0.1) is 13.8 Å². The van der Waals surface area contributed by atoms with Crippen LogP contribution in [0.4, 0.5) is 0 Å². The van der Waals surface area contributed by atoms with Crippen molar-refractivity contribution in [3.8, 4) is 11.4 Å². The standard InChI is InChI=1S/C49H58N10/c1-30-36(46-50-18-8-19-51-46)26-32(27-37(30)47-52-20-9-21-53-47)58-40-14-6-4-12-34(40)44-42(58)16-17-43-45(44)35-13-5-7-15-41(35)59(43)33-28-38(48-54-22-10-23-55-48)31(2)39(29-33)49-56-24-11-25-57(49)3/h4-7,12-17,26-29,46-56H,8-11,18-25H2,1-3H3. The van der Waals surface area contributed by atoms with E-state index in [1.807, 2.05) is 0 Å². The van der Waals surface area contributed by atoms with Crippen molar-refractivity contribution < 1.29 is 0 Å². The molecule has 7 aromatic rings. The molecule has 59 heavy (non-hydrogen) atoms. The van der Waals surface area contributed by atoms with E-state index >= 15 is 0 Å². The number of nitrogens with one attached hydrogen (secondary N) is 7. The first-order valence-corrected chi connectivity index (χ1v) is 22.1. The van der Waals surface area contributed by atoms with E-state index < -0.39 is 0 Å². The summed E-state index contributed by atoms with van der Waals surface area (Å²) >= 11 is 0. The summed E-state index contributed by atoms with van der Waals surface area (Å²) in [5, 5.41) is 31.8. The van der Waals surface area contributed by atoms with Crippen molar-refractivity contribution in [3.63, 3.8) is 0 Å². The highest BCUT2D eigenvalue weighted by molar-refractivity contribution is 6.28. The highest BCUT2D eigenvalue weighted by Gasteiger charge is 2.29. The Labute approximate surface area is 347 Å². The van der Waals surface area contributed by atoms with E-state index in [-0.39, 0.29) is 24.7 Å². The number of nitrogens with zero attached hydrogens (tertiary/aromatic N) is 3. The van der Waals surface area contributed by atoms with Crippen LogP contribution in [-0.4, -0.2) is 73.4 Å². The minimum atomic E-state index is 0.107. The van der Waals surface area contributed by atoms with Crippen molar-refractivity contribution in [2.75, 3.05) is 59.4 Å². The highest BCUT2D eigenvalue weighted by atomic mass is 15.3. The SMILES string of the molecule is Cc1c(C2NCCCN2)cc(-n2c3ccccc3c3c4c5ccccc5n(-c5cc(C6NCCCN6)c(C)c(C6NCCCN6C)c5)c4ccc32)cc1C1NCCCN1. The van der Waals surface area contributed by atoms with Crippen molar-refractivity contribution in [3.05, 3.63) is 118 Å². The fourth-order valence-corrected chi connectivity index (χ4v) is 10.8. The third-order valence-electron chi connectivity index (χ3n) is 13.8. The van der Waals surface area contributed by atoms with E-state index in [0.717, 1.165) is 78.0 Å². The molecule has 4 aliphatic rings. The van der Waals surface area contributed by atoms with Crippen LogP contribution in [0.25, 0.3) is 55.0 Å². The third-order valence-corrected chi connectivity index (χ3v) is 13.8. The lowest BCUT2D eigenvalue weighted by Crippen LogP contribution is -2.44. The average molecular weight is 787 g/mol. The molecular weight excluding hydrogens is 729 g/mol. The number of hydrogen-bond acceptors (Lipinski definition) is 8. The first-order chi connectivity index (χ1) is 29.0. The molecule has 1 unspecified atom stereocenters. The number of benzene rings is 5. The van der Waals surface area contributed by atoms with Crippen molar-refractivity contribution in [2.24, 2.45) is 0 Å². The van der Waals surface area contributed by atoms with E-state index in [0.29, 0.717) is 0 Å². The zero-order chi connectivity index (χ0) is 39.6. The second-order valence-electron chi connectivity index (χ2n) is 17.3. The maximum atomic E-state index is 3.88. The van der Waals surface area contributed by atoms with Crippen LogP contribution in [0.3, 0.4) is 0 Å². The molecule has 0 spiro atoms. The van der Waals surface area contributed by atoms with Gasteiger partial charge in [-0.3, -0.25) is 42.1 Å². The molecule has 4 aliphatic heterocycles. The Hall–Kier alpha value is -4.62. The molecule has 0 saturated carbocycles. The normalized spacial score (nSPS) is 20.8. The predicted molar refractivity (Wildman–Crippen MR) is 243 cm³/mol. The molecule has 5 aromatic carbocycles. The molecule has 4 fully saturated rings. The number of hydrogen-bond donors (Lipinski definition) is 7. The third kappa shape index (κ3) is 6.32. The van der Waals surface area contributed by atoms with Crippen LogP contribution >= 0.6 is 0 Å². The van der Waals surface area contributed by atoms with Gasteiger partial charge in [0.2, 0.25) is 0 Å². The van der Waals surface area contributed by atoms with E-state index in [1.165, 1.54) is 88.4 Å². The Balaban J connectivity index is 1.17. The van der Waals surface area contributed by atoms with Gasteiger partial charge < -0.3 is 9.13 Å². The van der Waals surface area contributed by atoms with Gasteiger partial charge >= 0.3 is 0 Å². The zero-order valence-corrected chi connectivity index (χ0v) is 34.7. The molecular formula is C49H58N10. The van der Waals surface area contributed by atoms with Gasteiger partial charge in [0.1, 0.15) is 0 Å². The summed E-state index contributed by atoms with van der Waals surface area (Å²) in [4.78, 5) is 2.48. The molecule has 6 heterocycles. The summed E-state index contributed by atoms with van der Waals surface area (Å²) in [5.41, 5.74) is 15.3. The molecule has 4 saturated heterocycles. The lowest BCUT2D eigenvalue weighted by molar-refractivity contribution is 0.166. The fraction of sp³-hybridized carbons (Fsp3) is 0.388. The van der Waals surface area contributed by atoms with Crippen LogP contribution < -0.4 is 37.2 Å². The lowest BCUT2D eigenvalue weighted by Gasteiger charge is -2.36. The van der Waals surface area contributed by atoms with Crippen LogP contribution in [0.5, 0.6) is 0 Å². The van der Waals surface area contributed by atoms with Crippen molar-refractivity contribution in [1.82, 2.24) is 51.3 Å². The quantitative estimate of drug-likeness (QED) is 0.0955. The topological polar surface area (TPSA) is 97.3 Å². The van der Waals surface area contributed by atoms with E-state index in [4.69, 9.17) is 0 Å². The largest absolute Gasteiger partial charge is 0.309 e. The van der Waals surface area contributed by atoms with Crippen LogP contribution in [0.1, 0.15) is 83.7 Å². The maximum absolute atomic E-state index is 3.88. The van der Waals surface area contributed by atoms with Crippen LogP contribution in [0.15, 0.2) is 84.9 Å². The summed E-state index contributed by atoms with van der Waals surface area (Å²) in [7, 11) is 2.26. The van der Waals surface area contributed by atoms with Gasteiger partial charge in [-0.25, -0.2) is 0 Å². The Morgan fingerprint density at radius 1 is 0.441 bits per heavy atom. The average Bonchev–Trinajstić information content (AvgIpc) is 3.81.